The Morgan fingerprint density at radius 2 is 2.00 bits per heavy atom. The van der Waals surface area contributed by atoms with Crippen LogP contribution >= 0.6 is 7.14 Å². The van der Waals surface area contributed by atoms with Crippen molar-refractivity contribution in [1.82, 2.24) is 0 Å². The molecule has 1 unspecified atom stereocenters. The molecule has 0 amide bonds. The zero-order valence-electron chi connectivity index (χ0n) is 16.1. The standard InChI is InChI=1S/C22H21FNO4P/c1-29(25,17-2-3-17)20-5-4-19(28-16-11-14(13-24)10-15(23)12-16)18-6-7-22(21(18)20)26-8-9-27-22/h4-5,10-12,17H,2-3,6-9H2,1H3. The predicted octanol–water partition coefficient (Wildman–Crippen LogP) is 4.42. The first-order valence-corrected chi connectivity index (χ1v) is 12.1. The van der Waals surface area contributed by atoms with Gasteiger partial charge in [0.05, 0.1) is 24.8 Å². The third-order valence-corrected chi connectivity index (χ3v) is 9.28. The van der Waals surface area contributed by atoms with Crippen molar-refractivity contribution < 1.29 is 23.2 Å². The van der Waals surface area contributed by atoms with Gasteiger partial charge in [-0.05, 0) is 50.2 Å². The smallest absolute Gasteiger partial charge is 0.196 e. The van der Waals surface area contributed by atoms with Crippen LogP contribution in [0.4, 0.5) is 4.39 Å². The van der Waals surface area contributed by atoms with Gasteiger partial charge in [0.1, 0.15) is 24.5 Å². The SMILES string of the molecule is CP(=O)(c1ccc(Oc2cc(F)cc(C#N)c2)c2c1C1(CC2)OCCO1)C1CC1. The largest absolute Gasteiger partial charge is 0.457 e. The predicted molar refractivity (Wildman–Crippen MR) is 106 cm³/mol. The van der Waals surface area contributed by atoms with Crippen molar-refractivity contribution in [3.8, 4) is 17.6 Å². The normalized spacial score (nSPS) is 21.6. The number of benzene rings is 2. The number of fused-ring (bicyclic) bond motifs is 2. The van der Waals surface area contributed by atoms with Crippen molar-refractivity contribution in [1.29, 1.82) is 5.26 Å². The van der Waals surface area contributed by atoms with E-state index in [2.05, 4.69) is 0 Å². The minimum Gasteiger partial charge on any atom is -0.457 e. The lowest BCUT2D eigenvalue weighted by Gasteiger charge is -2.28. The molecule has 0 aromatic heterocycles. The Hall–Kier alpha value is -2.19. The molecule has 0 radical (unpaired) electrons. The van der Waals surface area contributed by atoms with Crippen molar-refractivity contribution in [3.63, 3.8) is 0 Å². The van der Waals surface area contributed by atoms with Crippen molar-refractivity contribution in [2.75, 3.05) is 19.9 Å². The van der Waals surface area contributed by atoms with Crippen LogP contribution in [0.1, 0.15) is 36.0 Å². The van der Waals surface area contributed by atoms with Gasteiger partial charge in [-0.15, -0.1) is 0 Å². The van der Waals surface area contributed by atoms with Crippen molar-refractivity contribution in [3.05, 3.63) is 52.8 Å². The highest BCUT2D eigenvalue weighted by Gasteiger charge is 2.51. The molecule has 2 aromatic rings. The van der Waals surface area contributed by atoms with Crippen LogP contribution in [0.5, 0.6) is 11.5 Å². The van der Waals surface area contributed by atoms with Gasteiger partial charge >= 0.3 is 0 Å². The zero-order chi connectivity index (χ0) is 20.2. The van der Waals surface area contributed by atoms with Gasteiger partial charge in [0.2, 0.25) is 0 Å². The average Bonchev–Trinajstić information content (AvgIpc) is 3.36. The topological polar surface area (TPSA) is 68.6 Å². The number of ether oxygens (including phenoxy) is 3. The number of rotatable bonds is 4. The first-order chi connectivity index (χ1) is 13.9. The summed E-state index contributed by atoms with van der Waals surface area (Å²) in [5, 5.41) is 9.91. The summed E-state index contributed by atoms with van der Waals surface area (Å²) in [6, 6.07) is 9.52. The molecule has 0 bridgehead atoms. The minimum atomic E-state index is -2.57. The fraction of sp³-hybridized carbons (Fsp3) is 0.409. The Labute approximate surface area is 168 Å². The number of nitrogens with zero attached hydrogens (tertiary/aromatic N) is 1. The van der Waals surface area contributed by atoms with Crippen LogP contribution < -0.4 is 10.0 Å². The Balaban J connectivity index is 1.62. The van der Waals surface area contributed by atoms with Crippen LogP contribution in [-0.4, -0.2) is 25.5 Å². The van der Waals surface area contributed by atoms with E-state index in [0.29, 0.717) is 31.8 Å². The molecular formula is C22H21FNO4P. The van der Waals surface area contributed by atoms with Crippen LogP contribution in [0.15, 0.2) is 30.3 Å². The summed E-state index contributed by atoms with van der Waals surface area (Å²) in [6.07, 6.45) is 3.25. The average molecular weight is 413 g/mol. The van der Waals surface area contributed by atoms with E-state index in [9.17, 15) is 8.96 Å². The van der Waals surface area contributed by atoms with Gasteiger partial charge in [-0.25, -0.2) is 4.39 Å². The number of halogens is 1. The summed E-state index contributed by atoms with van der Waals surface area (Å²) in [5.41, 5.74) is 2.15. The molecule has 1 saturated heterocycles. The molecule has 1 saturated carbocycles. The van der Waals surface area contributed by atoms with E-state index >= 15 is 0 Å². The highest BCUT2D eigenvalue weighted by atomic mass is 31.2. The van der Waals surface area contributed by atoms with E-state index < -0.39 is 18.7 Å². The Morgan fingerprint density at radius 3 is 2.69 bits per heavy atom. The molecule has 1 heterocycles. The molecular weight excluding hydrogens is 392 g/mol. The first-order valence-electron chi connectivity index (χ1n) is 9.83. The lowest BCUT2D eigenvalue weighted by Crippen LogP contribution is -2.30. The molecule has 150 valence electrons. The van der Waals surface area contributed by atoms with Crippen molar-refractivity contribution >= 4 is 12.4 Å². The van der Waals surface area contributed by atoms with E-state index in [4.69, 9.17) is 19.5 Å². The number of hydrogen-bond donors (Lipinski definition) is 0. The summed E-state index contributed by atoms with van der Waals surface area (Å²) in [6.45, 7) is 2.85. The van der Waals surface area contributed by atoms with E-state index in [1.165, 1.54) is 18.2 Å². The van der Waals surface area contributed by atoms with Gasteiger partial charge < -0.3 is 18.8 Å². The molecule has 5 rings (SSSR count). The van der Waals surface area contributed by atoms with Gasteiger partial charge in [-0.2, -0.15) is 5.26 Å². The van der Waals surface area contributed by atoms with E-state index in [1.54, 1.807) is 6.07 Å². The molecule has 1 aliphatic heterocycles. The molecule has 29 heavy (non-hydrogen) atoms. The highest BCUT2D eigenvalue weighted by Crippen LogP contribution is 2.60. The molecule has 2 aromatic carbocycles. The molecule has 1 atom stereocenters. The van der Waals surface area contributed by atoms with Crippen LogP contribution in [0.3, 0.4) is 0 Å². The third-order valence-electron chi connectivity index (χ3n) is 6.04. The van der Waals surface area contributed by atoms with Crippen molar-refractivity contribution in [2.24, 2.45) is 0 Å². The summed E-state index contributed by atoms with van der Waals surface area (Å²) in [7, 11) is -2.57. The minimum absolute atomic E-state index is 0.194. The maximum Gasteiger partial charge on any atom is 0.196 e. The highest BCUT2D eigenvalue weighted by molar-refractivity contribution is 7.72. The second-order valence-corrected chi connectivity index (χ2v) is 11.2. The fourth-order valence-corrected chi connectivity index (χ4v) is 7.14. The molecule has 7 heteroatoms. The van der Waals surface area contributed by atoms with Crippen LogP contribution in [-0.2, 0) is 26.2 Å². The quantitative estimate of drug-likeness (QED) is 0.695. The lowest BCUT2D eigenvalue weighted by molar-refractivity contribution is -0.162. The molecule has 2 fully saturated rings. The van der Waals surface area contributed by atoms with Gasteiger partial charge in [0.15, 0.2) is 5.79 Å². The molecule has 2 aliphatic carbocycles. The van der Waals surface area contributed by atoms with Gasteiger partial charge in [0, 0.05) is 34.6 Å². The molecule has 5 nitrogen and oxygen atoms in total. The second kappa shape index (κ2) is 6.67. The maximum absolute atomic E-state index is 13.8. The van der Waals surface area contributed by atoms with E-state index in [-0.39, 0.29) is 17.0 Å². The Morgan fingerprint density at radius 1 is 1.24 bits per heavy atom. The Bertz CT molecular complexity index is 1080. The summed E-state index contributed by atoms with van der Waals surface area (Å²) < 4.78 is 45.5. The Kier molecular flexibility index (Phi) is 4.33. The summed E-state index contributed by atoms with van der Waals surface area (Å²) >= 11 is 0. The van der Waals surface area contributed by atoms with Crippen LogP contribution in [0.2, 0.25) is 0 Å². The molecule has 1 spiro atoms. The van der Waals surface area contributed by atoms with E-state index in [0.717, 1.165) is 29.3 Å². The number of hydrogen-bond acceptors (Lipinski definition) is 5. The van der Waals surface area contributed by atoms with Gasteiger partial charge in [-0.3, -0.25) is 0 Å². The van der Waals surface area contributed by atoms with Crippen LogP contribution in [0, 0.1) is 17.1 Å². The lowest BCUT2D eigenvalue weighted by atomic mass is 10.1. The molecule has 0 N–H and O–H groups in total. The third kappa shape index (κ3) is 3.09. The zero-order valence-corrected chi connectivity index (χ0v) is 17.0. The monoisotopic (exact) mass is 413 g/mol. The first kappa shape index (κ1) is 18.8. The van der Waals surface area contributed by atoms with E-state index in [1.807, 2.05) is 18.8 Å². The maximum atomic E-state index is 13.8. The van der Waals surface area contributed by atoms with Gasteiger partial charge in [-0.1, -0.05) is 0 Å². The summed E-state index contributed by atoms with van der Waals surface area (Å²) in [4.78, 5) is 0. The second-order valence-electron chi connectivity index (χ2n) is 8.00. The number of nitriles is 1. The van der Waals surface area contributed by atoms with Gasteiger partial charge in [0.25, 0.3) is 0 Å². The van der Waals surface area contributed by atoms with Crippen molar-refractivity contribution in [2.45, 2.75) is 37.1 Å². The fourth-order valence-electron chi connectivity index (χ4n) is 4.49. The van der Waals surface area contributed by atoms with Crippen LogP contribution in [0.25, 0.3) is 0 Å². The molecule has 3 aliphatic rings. The summed E-state index contributed by atoms with van der Waals surface area (Å²) in [5.74, 6) is -0.583.